The quantitative estimate of drug-likeness (QED) is 0.592. The zero-order chi connectivity index (χ0) is 15.2. The van der Waals surface area contributed by atoms with Crippen molar-refractivity contribution in [1.29, 1.82) is 0 Å². The molecule has 0 fully saturated rings. The highest BCUT2D eigenvalue weighted by molar-refractivity contribution is 5.23. The van der Waals surface area contributed by atoms with Crippen molar-refractivity contribution in [2.75, 3.05) is 13.2 Å². The zero-order valence-electron chi connectivity index (χ0n) is 10.8. The van der Waals surface area contributed by atoms with Gasteiger partial charge in [0, 0.05) is 18.3 Å². The number of nitrogens with zero attached hydrogens (tertiary/aromatic N) is 1. The second-order valence-corrected chi connectivity index (χ2v) is 4.12. The van der Waals surface area contributed by atoms with Crippen LogP contribution in [0.25, 0.3) is 0 Å². The number of pyridine rings is 1. The van der Waals surface area contributed by atoms with E-state index in [4.69, 9.17) is 0 Å². The van der Waals surface area contributed by atoms with Crippen LogP contribution >= 0.6 is 0 Å². The minimum atomic E-state index is -4.34. The van der Waals surface area contributed by atoms with Crippen molar-refractivity contribution in [3.8, 4) is 5.88 Å². The van der Waals surface area contributed by atoms with Crippen molar-refractivity contribution in [3.05, 3.63) is 23.6 Å². The van der Waals surface area contributed by atoms with Gasteiger partial charge in [0.05, 0.1) is 0 Å². The lowest BCUT2D eigenvalue weighted by atomic mass is 10.2. The van der Waals surface area contributed by atoms with Crippen molar-refractivity contribution in [2.24, 2.45) is 0 Å². The molecule has 1 rings (SSSR count). The van der Waals surface area contributed by atoms with Crippen LogP contribution in [-0.2, 0) is 6.54 Å². The van der Waals surface area contributed by atoms with E-state index in [2.05, 4.69) is 15.0 Å². The molecule has 0 aromatic carbocycles. The van der Waals surface area contributed by atoms with Crippen LogP contribution in [0.3, 0.4) is 0 Å². The van der Waals surface area contributed by atoms with Gasteiger partial charge < -0.3 is 10.1 Å². The van der Waals surface area contributed by atoms with Gasteiger partial charge in [-0.15, -0.1) is 0 Å². The SMILES string of the molecule is CCCNCc1ccnc(OCC(F)(F)C(F)F)c1F. The van der Waals surface area contributed by atoms with Crippen LogP contribution in [0.5, 0.6) is 5.88 Å². The number of nitrogens with one attached hydrogen (secondary N) is 1. The first kappa shape index (κ1) is 16.6. The van der Waals surface area contributed by atoms with Crippen LogP contribution in [0.2, 0.25) is 0 Å². The second-order valence-electron chi connectivity index (χ2n) is 4.12. The number of aromatic nitrogens is 1. The fraction of sp³-hybridized carbons (Fsp3) is 0.583. The van der Waals surface area contributed by atoms with E-state index in [9.17, 15) is 22.0 Å². The zero-order valence-corrected chi connectivity index (χ0v) is 10.8. The fourth-order valence-electron chi connectivity index (χ4n) is 1.33. The molecule has 0 bridgehead atoms. The molecule has 0 aliphatic rings. The highest BCUT2D eigenvalue weighted by Gasteiger charge is 2.42. The maximum Gasteiger partial charge on any atom is 0.340 e. The van der Waals surface area contributed by atoms with Crippen LogP contribution in [0.15, 0.2) is 12.3 Å². The Morgan fingerprint density at radius 3 is 2.70 bits per heavy atom. The predicted octanol–water partition coefficient (Wildman–Crippen LogP) is 3.00. The third kappa shape index (κ3) is 4.59. The minimum absolute atomic E-state index is 0.170. The average Bonchev–Trinajstić information content (AvgIpc) is 2.39. The Hall–Kier alpha value is -1.44. The molecular weight excluding hydrogens is 283 g/mol. The van der Waals surface area contributed by atoms with Gasteiger partial charge in [-0.1, -0.05) is 6.92 Å². The standard InChI is InChI=1S/C12H15F5N2O/c1-2-4-18-6-8-3-5-19-10(9(8)13)20-7-12(16,17)11(14)15/h3,5,11,18H,2,4,6-7H2,1H3. The van der Waals surface area contributed by atoms with Gasteiger partial charge in [-0.05, 0) is 19.0 Å². The van der Waals surface area contributed by atoms with Gasteiger partial charge in [0.15, 0.2) is 12.4 Å². The Kier molecular flexibility index (Phi) is 6.12. The highest BCUT2D eigenvalue weighted by Crippen LogP contribution is 2.25. The Bertz CT molecular complexity index is 428. The van der Waals surface area contributed by atoms with E-state index < -0.39 is 30.7 Å². The second kappa shape index (κ2) is 7.37. The molecule has 3 nitrogen and oxygen atoms in total. The molecule has 0 spiro atoms. The smallest absolute Gasteiger partial charge is 0.340 e. The molecular formula is C12H15F5N2O. The summed E-state index contributed by atoms with van der Waals surface area (Å²) in [5.74, 6) is -5.98. The van der Waals surface area contributed by atoms with Crippen LogP contribution < -0.4 is 10.1 Å². The Morgan fingerprint density at radius 2 is 2.10 bits per heavy atom. The maximum absolute atomic E-state index is 13.8. The van der Waals surface area contributed by atoms with Gasteiger partial charge in [0.25, 0.3) is 5.88 Å². The van der Waals surface area contributed by atoms with E-state index in [1.54, 1.807) is 0 Å². The third-order valence-electron chi connectivity index (χ3n) is 2.40. The van der Waals surface area contributed by atoms with Crippen molar-refractivity contribution in [1.82, 2.24) is 10.3 Å². The molecule has 0 aliphatic carbocycles. The largest absolute Gasteiger partial charge is 0.469 e. The number of hydrogen-bond acceptors (Lipinski definition) is 3. The molecule has 1 aromatic rings. The van der Waals surface area contributed by atoms with Crippen LogP contribution in [0.1, 0.15) is 18.9 Å². The topological polar surface area (TPSA) is 34.2 Å². The van der Waals surface area contributed by atoms with E-state index in [1.807, 2.05) is 6.92 Å². The van der Waals surface area contributed by atoms with Crippen molar-refractivity contribution >= 4 is 0 Å². The first-order chi connectivity index (χ1) is 9.38. The summed E-state index contributed by atoms with van der Waals surface area (Å²) in [7, 11) is 0. The first-order valence-electron chi connectivity index (χ1n) is 6.01. The Morgan fingerprint density at radius 1 is 1.40 bits per heavy atom. The fourth-order valence-corrected chi connectivity index (χ4v) is 1.33. The summed E-state index contributed by atoms with van der Waals surface area (Å²) >= 11 is 0. The molecule has 0 unspecified atom stereocenters. The average molecular weight is 298 g/mol. The summed E-state index contributed by atoms with van der Waals surface area (Å²) in [6.45, 7) is 1.13. The van der Waals surface area contributed by atoms with E-state index in [0.29, 0.717) is 6.54 Å². The summed E-state index contributed by atoms with van der Waals surface area (Å²) in [5.41, 5.74) is 0.170. The summed E-state index contributed by atoms with van der Waals surface area (Å²) in [5, 5.41) is 2.92. The number of halogens is 5. The normalized spacial score (nSPS) is 11.9. The first-order valence-corrected chi connectivity index (χ1v) is 6.01. The number of ether oxygens (including phenoxy) is 1. The lowest BCUT2D eigenvalue weighted by Gasteiger charge is -2.16. The van der Waals surface area contributed by atoms with Gasteiger partial charge in [-0.25, -0.2) is 18.2 Å². The molecule has 1 heterocycles. The number of rotatable bonds is 8. The number of alkyl halides is 4. The highest BCUT2D eigenvalue weighted by atomic mass is 19.3. The minimum Gasteiger partial charge on any atom is -0.469 e. The summed E-state index contributed by atoms with van der Waals surface area (Å²) in [4.78, 5) is 3.43. The molecule has 114 valence electrons. The van der Waals surface area contributed by atoms with Gasteiger partial charge in [-0.2, -0.15) is 8.78 Å². The Labute approximate surface area is 113 Å². The van der Waals surface area contributed by atoms with E-state index >= 15 is 0 Å². The molecule has 1 N–H and O–H groups in total. The monoisotopic (exact) mass is 298 g/mol. The van der Waals surface area contributed by atoms with E-state index in [1.165, 1.54) is 12.3 Å². The van der Waals surface area contributed by atoms with Crippen molar-refractivity contribution in [2.45, 2.75) is 32.2 Å². The third-order valence-corrected chi connectivity index (χ3v) is 2.40. The summed E-state index contributed by atoms with van der Waals surface area (Å²) in [6, 6.07) is 1.36. The molecule has 0 amide bonds. The maximum atomic E-state index is 13.8. The molecule has 0 aliphatic heterocycles. The number of hydrogen-bond donors (Lipinski definition) is 1. The summed E-state index contributed by atoms with van der Waals surface area (Å²) < 4.78 is 67.4. The van der Waals surface area contributed by atoms with Gasteiger partial charge >= 0.3 is 12.3 Å². The Balaban J connectivity index is 2.69. The van der Waals surface area contributed by atoms with E-state index in [0.717, 1.165) is 6.42 Å². The van der Waals surface area contributed by atoms with E-state index in [-0.39, 0.29) is 12.1 Å². The molecule has 0 atom stereocenters. The molecule has 8 heteroatoms. The molecule has 0 saturated heterocycles. The van der Waals surface area contributed by atoms with Crippen LogP contribution in [0.4, 0.5) is 22.0 Å². The molecule has 20 heavy (non-hydrogen) atoms. The molecule has 0 saturated carbocycles. The van der Waals surface area contributed by atoms with Crippen molar-refractivity contribution in [3.63, 3.8) is 0 Å². The van der Waals surface area contributed by atoms with Crippen LogP contribution in [0, 0.1) is 5.82 Å². The molecule has 1 aromatic heterocycles. The van der Waals surface area contributed by atoms with Gasteiger partial charge in [-0.3, -0.25) is 0 Å². The summed E-state index contributed by atoms with van der Waals surface area (Å²) in [6.07, 6.45) is -1.86. The molecule has 0 radical (unpaired) electrons. The van der Waals surface area contributed by atoms with Gasteiger partial charge in [0.2, 0.25) is 0 Å². The van der Waals surface area contributed by atoms with Crippen molar-refractivity contribution < 1.29 is 26.7 Å². The lowest BCUT2D eigenvalue weighted by Crippen LogP contribution is -2.34. The van der Waals surface area contributed by atoms with Gasteiger partial charge in [0.1, 0.15) is 0 Å². The van der Waals surface area contributed by atoms with Crippen LogP contribution in [-0.4, -0.2) is 30.5 Å². The predicted molar refractivity (Wildman–Crippen MR) is 62.6 cm³/mol. The lowest BCUT2D eigenvalue weighted by molar-refractivity contribution is -0.149.